The van der Waals surface area contributed by atoms with Crippen LogP contribution in [0.15, 0.2) is 65.8 Å². The summed E-state index contributed by atoms with van der Waals surface area (Å²) < 4.78 is 5.98. The summed E-state index contributed by atoms with van der Waals surface area (Å²) in [7, 11) is 0. The third-order valence-electron chi connectivity index (χ3n) is 11.3. The van der Waals surface area contributed by atoms with Crippen LogP contribution in [-0.4, -0.2) is 12.1 Å². The first kappa shape index (κ1) is 26.5. The Hall–Kier alpha value is -2.09. The molecule has 3 saturated carbocycles. The van der Waals surface area contributed by atoms with E-state index in [9.17, 15) is 4.79 Å². The third kappa shape index (κ3) is 4.79. The van der Waals surface area contributed by atoms with Crippen LogP contribution in [0, 0.1) is 46.3 Å². The average Bonchev–Trinajstić information content (AvgIpc) is 3.25. The molecule has 2 nitrogen and oxygen atoms in total. The molecule has 8 atom stereocenters. The number of benzene rings is 1. The number of esters is 1. The van der Waals surface area contributed by atoms with Crippen LogP contribution in [0.4, 0.5) is 0 Å². The second kappa shape index (κ2) is 10.2. The molecule has 0 bridgehead atoms. The summed E-state index contributed by atoms with van der Waals surface area (Å²) >= 11 is 0. The van der Waals surface area contributed by atoms with Crippen molar-refractivity contribution in [3.63, 3.8) is 0 Å². The van der Waals surface area contributed by atoms with Crippen LogP contribution in [0.1, 0.15) is 96.8 Å². The number of rotatable bonds is 6. The highest BCUT2D eigenvalue weighted by Gasteiger charge is 2.57. The molecule has 5 rings (SSSR count). The van der Waals surface area contributed by atoms with Crippen molar-refractivity contribution in [2.75, 3.05) is 0 Å². The van der Waals surface area contributed by atoms with E-state index in [0.29, 0.717) is 34.7 Å². The van der Waals surface area contributed by atoms with Crippen LogP contribution in [0.3, 0.4) is 0 Å². The van der Waals surface area contributed by atoms with Gasteiger partial charge >= 0.3 is 5.97 Å². The molecule has 1 aromatic rings. The monoisotopic (exact) mass is 500 g/mol. The summed E-state index contributed by atoms with van der Waals surface area (Å²) in [6.07, 6.45) is 18.3. The molecule has 3 fully saturated rings. The van der Waals surface area contributed by atoms with Crippen molar-refractivity contribution in [1.29, 1.82) is 0 Å². The van der Waals surface area contributed by atoms with Gasteiger partial charge in [-0.15, -0.1) is 0 Å². The number of hydrogen-bond donors (Lipinski definition) is 0. The molecule has 200 valence electrons. The maximum Gasteiger partial charge on any atom is 0.338 e. The molecular weight excluding hydrogens is 452 g/mol. The molecule has 4 aliphatic carbocycles. The Morgan fingerprint density at radius 3 is 2.41 bits per heavy atom. The van der Waals surface area contributed by atoms with Gasteiger partial charge in [0.15, 0.2) is 0 Å². The average molecular weight is 501 g/mol. The standard InChI is InChI=1S/C35H48O2/c1-23(2)24(3)12-13-25(4)30-16-17-31-29-15-14-27-22-28(37-33(36)26-10-8-7-9-11-26)18-20-34(27,5)32(29)19-21-35(30,31)6/h7-15,23-25,28,30-32H,16-22H2,1-6H3/b13-12+/t24-,25+,28-,30+,31-,32+,34+,35-/m1/s1. The van der Waals surface area contributed by atoms with Crippen molar-refractivity contribution in [1.82, 2.24) is 0 Å². The number of carbonyl (C=O) groups excluding carboxylic acids is 1. The van der Waals surface area contributed by atoms with Crippen LogP contribution < -0.4 is 0 Å². The molecule has 0 heterocycles. The van der Waals surface area contributed by atoms with Gasteiger partial charge in [0, 0.05) is 6.42 Å². The number of fused-ring (bicyclic) bond motifs is 5. The van der Waals surface area contributed by atoms with Crippen LogP contribution in [0.2, 0.25) is 0 Å². The summed E-state index contributed by atoms with van der Waals surface area (Å²) in [6.45, 7) is 14.6. The summed E-state index contributed by atoms with van der Waals surface area (Å²) in [5.41, 5.74) is 4.54. The number of ether oxygens (including phenoxy) is 1. The van der Waals surface area contributed by atoms with Gasteiger partial charge in [0.25, 0.3) is 0 Å². The minimum absolute atomic E-state index is 0.00688. The van der Waals surface area contributed by atoms with Gasteiger partial charge in [0.1, 0.15) is 6.10 Å². The largest absolute Gasteiger partial charge is 0.458 e. The van der Waals surface area contributed by atoms with E-state index in [1.165, 1.54) is 31.3 Å². The Morgan fingerprint density at radius 2 is 1.68 bits per heavy atom. The van der Waals surface area contributed by atoms with Crippen LogP contribution in [-0.2, 0) is 4.74 Å². The smallest absolute Gasteiger partial charge is 0.338 e. The van der Waals surface area contributed by atoms with Gasteiger partial charge in [0.2, 0.25) is 0 Å². The van der Waals surface area contributed by atoms with E-state index in [-0.39, 0.29) is 17.5 Å². The zero-order chi connectivity index (χ0) is 26.4. The molecule has 0 aliphatic heterocycles. The molecule has 37 heavy (non-hydrogen) atoms. The third-order valence-corrected chi connectivity index (χ3v) is 11.3. The Bertz CT molecular complexity index is 1080. The minimum atomic E-state index is -0.182. The fraction of sp³-hybridized carbons (Fsp3) is 0.629. The first-order valence-electron chi connectivity index (χ1n) is 15.0. The second-order valence-electron chi connectivity index (χ2n) is 13.6. The van der Waals surface area contributed by atoms with Crippen molar-refractivity contribution in [2.24, 2.45) is 46.3 Å². The van der Waals surface area contributed by atoms with E-state index in [2.05, 4.69) is 65.8 Å². The van der Waals surface area contributed by atoms with Gasteiger partial charge in [-0.1, -0.05) is 95.2 Å². The van der Waals surface area contributed by atoms with Crippen LogP contribution >= 0.6 is 0 Å². The van der Waals surface area contributed by atoms with E-state index in [4.69, 9.17) is 4.74 Å². The highest BCUT2D eigenvalue weighted by molar-refractivity contribution is 5.89. The molecule has 0 N–H and O–H groups in total. The lowest BCUT2D eigenvalue weighted by Crippen LogP contribution is -2.46. The zero-order valence-electron chi connectivity index (χ0n) is 24.0. The van der Waals surface area contributed by atoms with E-state index < -0.39 is 0 Å². The lowest BCUT2D eigenvalue weighted by atomic mass is 9.50. The van der Waals surface area contributed by atoms with Crippen LogP contribution in [0.5, 0.6) is 0 Å². The lowest BCUT2D eigenvalue weighted by molar-refractivity contribution is 0.00691. The predicted molar refractivity (Wildman–Crippen MR) is 153 cm³/mol. The molecule has 2 heteroatoms. The van der Waals surface area contributed by atoms with E-state index in [1.54, 1.807) is 5.57 Å². The first-order chi connectivity index (χ1) is 17.6. The quantitative estimate of drug-likeness (QED) is 0.287. The summed E-state index contributed by atoms with van der Waals surface area (Å²) in [5.74, 6) is 3.97. The minimum Gasteiger partial charge on any atom is -0.458 e. The van der Waals surface area contributed by atoms with Crippen molar-refractivity contribution >= 4 is 5.97 Å². The van der Waals surface area contributed by atoms with Crippen molar-refractivity contribution in [2.45, 2.75) is 92.6 Å². The molecule has 4 aliphatic rings. The SMILES string of the molecule is CC(C)[C@H](C)/C=C/[C@H](C)[C@@H]1CC[C@@H]2C3=CC=C4C[C@H](OC(=O)c5ccccc5)CC[C@]4(C)[C@H]3CC[C@@]21C. The van der Waals surface area contributed by atoms with Gasteiger partial charge in [-0.3, -0.25) is 0 Å². The van der Waals surface area contributed by atoms with Crippen molar-refractivity contribution in [3.8, 4) is 0 Å². The molecule has 0 aromatic heterocycles. The Kier molecular flexibility index (Phi) is 7.33. The maximum atomic E-state index is 12.7. The summed E-state index contributed by atoms with van der Waals surface area (Å²) in [4.78, 5) is 12.7. The van der Waals surface area contributed by atoms with Crippen molar-refractivity contribution < 1.29 is 9.53 Å². The summed E-state index contributed by atoms with van der Waals surface area (Å²) in [5, 5.41) is 0. The highest BCUT2D eigenvalue weighted by atomic mass is 16.5. The second-order valence-corrected chi connectivity index (χ2v) is 13.6. The number of carbonyl (C=O) groups is 1. The molecule has 1 aromatic carbocycles. The van der Waals surface area contributed by atoms with Gasteiger partial charge < -0.3 is 4.74 Å². The van der Waals surface area contributed by atoms with Crippen LogP contribution in [0.25, 0.3) is 0 Å². The Balaban J connectivity index is 1.31. The molecule has 0 unspecified atom stereocenters. The highest BCUT2D eigenvalue weighted by Crippen LogP contribution is 2.66. The lowest BCUT2D eigenvalue weighted by Gasteiger charge is -2.55. The maximum absolute atomic E-state index is 12.7. The number of hydrogen-bond acceptors (Lipinski definition) is 2. The topological polar surface area (TPSA) is 26.3 Å². The molecule has 0 radical (unpaired) electrons. The van der Waals surface area contributed by atoms with E-state index in [1.807, 2.05) is 30.3 Å². The first-order valence-corrected chi connectivity index (χ1v) is 15.0. The summed E-state index contributed by atoms with van der Waals surface area (Å²) in [6, 6.07) is 9.43. The molecular formula is C35H48O2. The fourth-order valence-electron chi connectivity index (χ4n) is 8.47. The predicted octanol–water partition coefficient (Wildman–Crippen LogP) is 9.20. The number of allylic oxidation sites excluding steroid dienone is 5. The van der Waals surface area contributed by atoms with Gasteiger partial charge in [-0.05, 0) is 97.0 Å². The van der Waals surface area contributed by atoms with E-state index >= 15 is 0 Å². The van der Waals surface area contributed by atoms with Crippen molar-refractivity contribution in [3.05, 3.63) is 71.3 Å². The van der Waals surface area contributed by atoms with E-state index in [0.717, 1.165) is 31.1 Å². The molecule has 0 amide bonds. The molecule has 0 spiro atoms. The fourth-order valence-corrected chi connectivity index (χ4v) is 8.47. The van der Waals surface area contributed by atoms with Gasteiger partial charge in [-0.2, -0.15) is 0 Å². The Morgan fingerprint density at radius 1 is 0.919 bits per heavy atom. The van der Waals surface area contributed by atoms with Gasteiger partial charge in [-0.25, -0.2) is 4.79 Å². The zero-order valence-corrected chi connectivity index (χ0v) is 24.0. The van der Waals surface area contributed by atoms with Gasteiger partial charge in [0.05, 0.1) is 5.56 Å². The Labute approximate surface area is 225 Å². The normalized spacial score (nSPS) is 36.7. The molecule has 0 saturated heterocycles.